The number of carbonyl (C=O) groups excluding carboxylic acids is 2. The van der Waals surface area contributed by atoms with Gasteiger partial charge in [0.15, 0.2) is 0 Å². The second-order valence-corrected chi connectivity index (χ2v) is 6.15. The second-order valence-electron chi connectivity index (χ2n) is 6.15. The van der Waals surface area contributed by atoms with E-state index in [-0.39, 0.29) is 17.9 Å². The van der Waals surface area contributed by atoms with Crippen molar-refractivity contribution in [3.05, 3.63) is 54.1 Å². The monoisotopic (exact) mass is 354 g/mol. The summed E-state index contributed by atoms with van der Waals surface area (Å²) in [4.78, 5) is 23.7. The Morgan fingerprint density at radius 2 is 1.77 bits per heavy atom. The first-order chi connectivity index (χ1) is 12.6. The van der Waals surface area contributed by atoms with Gasteiger partial charge in [-0.1, -0.05) is 12.1 Å². The standard InChI is InChI=1S/C20H22N2O4/c1-14(23)21-15-8-10-16(11-9-15)22-20(24)18-6-2-3-7-19(18)26-13-17-5-4-12-25-17/h2-3,6-11,17H,4-5,12-13H2,1H3,(H,21,23)(H,22,24). The molecule has 1 unspecified atom stereocenters. The van der Waals surface area contributed by atoms with Crippen molar-refractivity contribution in [3.8, 4) is 5.75 Å². The molecule has 3 rings (SSSR count). The quantitative estimate of drug-likeness (QED) is 0.833. The number of hydrogen-bond acceptors (Lipinski definition) is 4. The number of ether oxygens (including phenoxy) is 2. The van der Waals surface area contributed by atoms with Crippen molar-refractivity contribution < 1.29 is 19.1 Å². The summed E-state index contributed by atoms with van der Waals surface area (Å²) in [5.41, 5.74) is 1.78. The topological polar surface area (TPSA) is 76.7 Å². The highest BCUT2D eigenvalue weighted by molar-refractivity contribution is 6.06. The van der Waals surface area contributed by atoms with Crippen LogP contribution in [-0.4, -0.2) is 31.1 Å². The van der Waals surface area contributed by atoms with Crippen LogP contribution in [0.2, 0.25) is 0 Å². The highest BCUT2D eigenvalue weighted by Gasteiger charge is 2.18. The molecule has 1 aliphatic heterocycles. The number of carbonyl (C=O) groups is 2. The highest BCUT2D eigenvalue weighted by Crippen LogP contribution is 2.22. The maximum Gasteiger partial charge on any atom is 0.259 e. The number of hydrogen-bond donors (Lipinski definition) is 2. The minimum atomic E-state index is -0.250. The number of benzene rings is 2. The Morgan fingerprint density at radius 1 is 1.08 bits per heavy atom. The summed E-state index contributed by atoms with van der Waals surface area (Å²) in [6.45, 7) is 2.66. The van der Waals surface area contributed by atoms with E-state index in [2.05, 4.69) is 10.6 Å². The first-order valence-electron chi connectivity index (χ1n) is 8.64. The minimum Gasteiger partial charge on any atom is -0.490 e. The van der Waals surface area contributed by atoms with Crippen LogP contribution in [0.25, 0.3) is 0 Å². The van der Waals surface area contributed by atoms with E-state index in [1.807, 2.05) is 6.07 Å². The lowest BCUT2D eigenvalue weighted by atomic mass is 10.1. The molecule has 1 saturated heterocycles. The average Bonchev–Trinajstić information content (AvgIpc) is 3.15. The molecule has 1 aliphatic rings. The molecule has 0 spiro atoms. The van der Waals surface area contributed by atoms with E-state index < -0.39 is 0 Å². The molecule has 0 aliphatic carbocycles. The molecule has 1 fully saturated rings. The molecule has 2 aromatic rings. The predicted molar refractivity (Wildman–Crippen MR) is 99.6 cm³/mol. The van der Waals surface area contributed by atoms with Crippen molar-refractivity contribution in [3.63, 3.8) is 0 Å². The van der Waals surface area contributed by atoms with Gasteiger partial charge in [0.1, 0.15) is 12.4 Å². The zero-order chi connectivity index (χ0) is 18.4. The van der Waals surface area contributed by atoms with E-state index >= 15 is 0 Å². The molecule has 2 amide bonds. The summed E-state index contributed by atoms with van der Waals surface area (Å²) in [7, 11) is 0. The van der Waals surface area contributed by atoms with Crippen LogP contribution < -0.4 is 15.4 Å². The van der Waals surface area contributed by atoms with Gasteiger partial charge in [-0.05, 0) is 49.2 Å². The van der Waals surface area contributed by atoms with Crippen LogP contribution in [0.15, 0.2) is 48.5 Å². The summed E-state index contributed by atoms with van der Waals surface area (Å²) in [5.74, 6) is 0.148. The van der Waals surface area contributed by atoms with Gasteiger partial charge in [-0.15, -0.1) is 0 Å². The van der Waals surface area contributed by atoms with Crippen molar-refractivity contribution in [2.75, 3.05) is 23.8 Å². The molecule has 2 N–H and O–H groups in total. The molecule has 0 aromatic heterocycles. The number of anilines is 2. The van der Waals surface area contributed by atoms with Crippen LogP contribution in [0.4, 0.5) is 11.4 Å². The van der Waals surface area contributed by atoms with E-state index in [4.69, 9.17) is 9.47 Å². The molecule has 1 heterocycles. The number of rotatable bonds is 6. The van der Waals surface area contributed by atoms with Gasteiger partial charge < -0.3 is 20.1 Å². The second kappa shape index (κ2) is 8.49. The number of amides is 2. The van der Waals surface area contributed by atoms with Crippen LogP contribution in [0, 0.1) is 0 Å². The molecule has 2 aromatic carbocycles. The first-order valence-corrected chi connectivity index (χ1v) is 8.64. The van der Waals surface area contributed by atoms with Crippen molar-refractivity contribution in [1.29, 1.82) is 0 Å². The van der Waals surface area contributed by atoms with Gasteiger partial charge in [-0.2, -0.15) is 0 Å². The molecule has 0 saturated carbocycles. The zero-order valence-electron chi connectivity index (χ0n) is 14.7. The third-order valence-electron chi connectivity index (χ3n) is 4.04. The Kier molecular flexibility index (Phi) is 5.86. The fourth-order valence-corrected chi connectivity index (χ4v) is 2.78. The molecule has 6 nitrogen and oxygen atoms in total. The maximum atomic E-state index is 12.6. The SMILES string of the molecule is CC(=O)Nc1ccc(NC(=O)c2ccccc2OCC2CCCO2)cc1. The predicted octanol–water partition coefficient (Wildman–Crippen LogP) is 3.46. The van der Waals surface area contributed by atoms with Crippen LogP contribution in [0.5, 0.6) is 5.75 Å². The Morgan fingerprint density at radius 3 is 2.42 bits per heavy atom. The lowest BCUT2D eigenvalue weighted by Gasteiger charge is -2.14. The Hall–Kier alpha value is -2.86. The molecule has 136 valence electrons. The van der Waals surface area contributed by atoms with E-state index in [9.17, 15) is 9.59 Å². The van der Waals surface area contributed by atoms with Gasteiger partial charge in [-0.25, -0.2) is 0 Å². The van der Waals surface area contributed by atoms with Gasteiger partial charge in [-0.3, -0.25) is 9.59 Å². The lowest BCUT2D eigenvalue weighted by molar-refractivity contribution is -0.114. The van der Waals surface area contributed by atoms with Crippen molar-refractivity contribution in [2.24, 2.45) is 0 Å². The highest BCUT2D eigenvalue weighted by atomic mass is 16.5. The lowest BCUT2D eigenvalue weighted by Crippen LogP contribution is -2.19. The Labute approximate surface area is 152 Å². The maximum absolute atomic E-state index is 12.6. The third kappa shape index (κ3) is 4.83. The molecule has 0 radical (unpaired) electrons. The van der Waals surface area contributed by atoms with Crippen molar-refractivity contribution in [2.45, 2.75) is 25.9 Å². The summed E-state index contributed by atoms with van der Waals surface area (Å²) < 4.78 is 11.4. The van der Waals surface area contributed by atoms with E-state index in [0.29, 0.717) is 29.3 Å². The Bertz CT molecular complexity index is 768. The van der Waals surface area contributed by atoms with E-state index in [0.717, 1.165) is 19.4 Å². The Balaban J connectivity index is 1.64. The number of para-hydroxylation sites is 1. The first kappa shape index (κ1) is 17.9. The molecular weight excluding hydrogens is 332 g/mol. The van der Waals surface area contributed by atoms with E-state index in [1.54, 1.807) is 42.5 Å². The minimum absolute atomic E-state index is 0.0902. The van der Waals surface area contributed by atoms with Gasteiger partial charge >= 0.3 is 0 Å². The van der Waals surface area contributed by atoms with Gasteiger partial charge in [0, 0.05) is 24.9 Å². The molecule has 0 bridgehead atoms. The zero-order valence-corrected chi connectivity index (χ0v) is 14.7. The molecule has 26 heavy (non-hydrogen) atoms. The molecule has 6 heteroatoms. The largest absolute Gasteiger partial charge is 0.490 e. The van der Waals surface area contributed by atoms with E-state index in [1.165, 1.54) is 6.92 Å². The summed E-state index contributed by atoms with van der Waals surface area (Å²) in [5, 5.41) is 5.53. The van der Waals surface area contributed by atoms with Crippen LogP contribution in [0.3, 0.4) is 0 Å². The molecule has 1 atom stereocenters. The summed E-state index contributed by atoms with van der Waals surface area (Å²) in [6, 6.07) is 14.1. The summed E-state index contributed by atoms with van der Waals surface area (Å²) >= 11 is 0. The fourth-order valence-electron chi connectivity index (χ4n) is 2.78. The number of nitrogens with one attached hydrogen (secondary N) is 2. The van der Waals surface area contributed by atoms with Gasteiger partial charge in [0.2, 0.25) is 5.91 Å². The third-order valence-corrected chi connectivity index (χ3v) is 4.04. The fraction of sp³-hybridized carbons (Fsp3) is 0.300. The van der Waals surface area contributed by atoms with Crippen LogP contribution in [0.1, 0.15) is 30.1 Å². The normalized spacial score (nSPS) is 16.1. The van der Waals surface area contributed by atoms with Crippen molar-refractivity contribution in [1.82, 2.24) is 0 Å². The van der Waals surface area contributed by atoms with Crippen LogP contribution in [-0.2, 0) is 9.53 Å². The van der Waals surface area contributed by atoms with Gasteiger partial charge in [0.25, 0.3) is 5.91 Å². The molecular formula is C20H22N2O4. The average molecular weight is 354 g/mol. The summed E-state index contributed by atoms with van der Waals surface area (Å²) in [6.07, 6.45) is 2.12. The van der Waals surface area contributed by atoms with Crippen LogP contribution >= 0.6 is 0 Å². The smallest absolute Gasteiger partial charge is 0.259 e. The van der Waals surface area contributed by atoms with Crippen molar-refractivity contribution >= 4 is 23.2 Å². The van der Waals surface area contributed by atoms with Gasteiger partial charge in [0.05, 0.1) is 11.7 Å².